The molecule has 1 heterocycles. The molecule has 0 aromatic heterocycles. The van der Waals surface area contributed by atoms with E-state index in [2.05, 4.69) is 0 Å². The molecule has 0 saturated carbocycles. The van der Waals surface area contributed by atoms with Gasteiger partial charge in [-0.05, 0) is 6.92 Å². The van der Waals surface area contributed by atoms with Crippen molar-refractivity contribution in [3.63, 3.8) is 0 Å². The first-order valence-corrected chi connectivity index (χ1v) is 4.60. The number of rotatable bonds is 3. The second-order valence-corrected chi connectivity index (χ2v) is 3.07. The standard InChI is InChI=1S/C9H17NO3/c1-3-13-9(8(10)11-2)4-6-12-7-5-9/h10H,3-7H2,1-2H3. The lowest BCUT2D eigenvalue weighted by molar-refractivity contribution is -0.0744. The van der Waals surface area contributed by atoms with E-state index in [1.165, 1.54) is 7.11 Å². The van der Waals surface area contributed by atoms with Gasteiger partial charge in [0, 0.05) is 32.7 Å². The molecule has 1 fully saturated rings. The maximum atomic E-state index is 7.68. The van der Waals surface area contributed by atoms with Crippen LogP contribution in [-0.2, 0) is 14.2 Å². The summed E-state index contributed by atoms with van der Waals surface area (Å²) in [4.78, 5) is 0. The van der Waals surface area contributed by atoms with E-state index in [1.54, 1.807) is 0 Å². The van der Waals surface area contributed by atoms with E-state index >= 15 is 0 Å². The fourth-order valence-corrected chi connectivity index (χ4v) is 1.60. The molecule has 76 valence electrons. The molecule has 1 aliphatic rings. The van der Waals surface area contributed by atoms with Crippen LogP contribution in [-0.4, -0.2) is 38.4 Å². The van der Waals surface area contributed by atoms with Gasteiger partial charge < -0.3 is 14.2 Å². The molecule has 1 saturated heterocycles. The van der Waals surface area contributed by atoms with Crippen molar-refractivity contribution < 1.29 is 14.2 Å². The van der Waals surface area contributed by atoms with Crippen molar-refractivity contribution in [2.24, 2.45) is 0 Å². The summed E-state index contributed by atoms with van der Waals surface area (Å²) in [5.74, 6) is 0.220. The molecule has 0 spiro atoms. The lowest BCUT2D eigenvalue weighted by Crippen LogP contribution is -2.46. The van der Waals surface area contributed by atoms with Crippen LogP contribution >= 0.6 is 0 Å². The van der Waals surface area contributed by atoms with Crippen molar-refractivity contribution in [2.75, 3.05) is 26.9 Å². The van der Waals surface area contributed by atoms with Crippen LogP contribution in [0.1, 0.15) is 19.8 Å². The van der Waals surface area contributed by atoms with Crippen LogP contribution in [0.4, 0.5) is 0 Å². The summed E-state index contributed by atoms with van der Waals surface area (Å²) in [7, 11) is 1.51. The zero-order chi connectivity index (χ0) is 9.73. The summed E-state index contributed by atoms with van der Waals surface area (Å²) in [6.07, 6.45) is 1.43. The zero-order valence-electron chi connectivity index (χ0n) is 8.26. The van der Waals surface area contributed by atoms with Crippen molar-refractivity contribution >= 4 is 5.90 Å². The maximum Gasteiger partial charge on any atom is 0.213 e. The SMILES string of the molecule is CCOC1(C(=N)OC)CCOCC1. The third-order valence-electron chi connectivity index (χ3n) is 2.34. The summed E-state index contributed by atoms with van der Waals surface area (Å²) in [6, 6.07) is 0. The Hall–Kier alpha value is -0.610. The first-order valence-electron chi connectivity index (χ1n) is 4.60. The fourth-order valence-electron chi connectivity index (χ4n) is 1.60. The quantitative estimate of drug-likeness (QED) is 0.533. The second-order valence-electron chi connectivity index (χ2n) is 3.07. The smallest absolute Gasteiger partial charge is 0.213 e. The van der Waals surface area contributed by atoms with Gasteiger partial charge in [0.05, 0.1) is 7.11 Å². The molecule has 0 aliphatic carbocycles. The molecule has 13 heavy (non-hydrogen) atoms. The molecule has 0 amide bonds. The van der Waals surface area contributed by atoms with E-state index in [4.69, 9.17) is 19.6 Å². The Kier molecular flexibility index (Phi) is 3.69. The van der Waals surface area contributed by atoms with Gasteiger partial charge in [-0.1, -0.05) is 0 Å². The Labute approximate surface area is 78.7 Å². The molecule has 0 aromatic rings. The Bertz CT molecular complexity index is 170. The average molecular weight is 187 g/mol. The Balaban J connectivity index is 2.66. The van der Waals surface area contributed by atoms with Gasteiger partial charge in [0.1, 0.15) is 5.60 Å². The third-order valence-corrected chi connectivity index (χ3v) is 2.34. The van der Waals surface area contributed by atoms with E-state index in [0.717, 1.165) is 0 Å². The summed E-state index contributed by atoms with van der Waals surface area (Å²) in [5, 5.41) is 7.68. The van der Waals surface area contributed by atoms with Crippen LogP contribution in [0.3, 0.4) is 0 Å². The van der Waals surface area contributed by atoms with Crippen molar-refractivity contribution in [2.45, 2.75) is 25.4 Å². The van der Waals surface area contributed by atoms with E-state index in [9.17, 15) is 0 Å². The highest BCUT2D eigenvalue weighted by molar-refractivity contribution is 5.82. The van der Waals surface area contributed by atoms with Crippen molar-refractivity contribution in [1.29, 1.82) is 5.41 Å². The summed E-state index contributed by atoms with van der Waals surface area (Å²) in [5.41, 5.74) is -0.526. The van der Waals surface area contributed by atoms with E-state index in [1.807, 2.05) is 6.92 Å². The van der Waals surface area contributed by atoms with Crippen molar-refractivity contribution in [3.05, 3.63) is 0 Å². The highest BCUT2D eigenvalue weighted by Gasteiger charge is 2.39. The molecular formula is C9H17NO3. The van der Waals surface area contributed by atoms with Gasteiger partial charge >= 0.3 is 0 Å². The van der Waals surface area contributed by atoms with Gasteiger partial charge in [-0.15, -0.1) is 0 Å². The minimum atomic E-state index is -0.526. The number of hydrogen-bond acceptors (Lipinski definition) is 4. The molecule has 0 unspecified atom stereocenters. The Morgan fingerprint density at radius 3 is 2.54 bits per heavy atom. The first kappa shape index (κ1) is 10.5. The van der Waals surface area contributed by atoms with Crippen LogP contribution in [0.2, 0.25) is 0 Å². The predicted molar refractivity (Wildman–Crippen MR) is 49.1 cm³/mol. The Morgan fingerprint density at radius 1 is 1.46 bits per heavy atom. The maximum absolute atomic E-state index is 7.68. The molecule has 1 N–H and O–H groups in total. The number of hydrogen-bond donors (Lipinski definition) is 1. The van der Waals surface area contributed by atoms with Crippen LogP contribution in [0.5, 0.6) is 0 Å². The fraction of sp³-hybridized carbons (Fsp3) is 0.889. The van der Waals surface area contributed by atoms with E-state index < -0.39 is 5.60 Å². The van der Waals surface area contributed by atoms with Gasteiger partial charge in [-0.2, -0.15) is 0 Å². The zero-order valence-corrected chi connectivity index (χ0v) is 8.26. The largest absolute Gasteiger partial charge is 0.482 e. The summed E-state index contributed by atoms with van der Waals surface area (Å²) >= 11 is 0. The van der Waals surface area contributed by atoms with E-state index in [0.29, 0.717) is 32.7 Å². The molecule has 4 heteroatoms. The van der Waals surface area contributed by atoms with Gasteiger partial charge in [0.2, 0.25) is 5.90 Å². The monoisotopic (exact) mass is 187 g/mol. The molecule has 0 aromatic carbocycles. The number of ether oxygens (including phenoxy) is 3. The molecule has 0 atom stereocenters. The van der Waals surface area contributed by atoms with Crippen LogP contribution in [0, 0.1) is 5.41 Å². The van der Waals surface area contributed by atoms with Crippen LogP contribution in [0.25, 0.3) is 0 Å². The van der Waals surface area contributed by atoms with Crippen molar-refractivity contribution in [1.82, 2.24) is 0 Å². The highest BCUT2D eigenvalue weighted by atomic mass is 16.6. The minimum absolute atomic E-state index is 0.220. The van der Waals surface area contributed by atoms with E-state index in [-0.39, 0.29) is 5.90 Å². The van der Waals surface area contributed by atoms with Gasteiger partial charge in [-0.3, -0.25) is 5.41 Å². The molecule has 0 bridgehead atoms. The summed E-state index contributed by atoms with van der Waals surface area (Å²) in [6.45, 7) is 3.82. The number of nitrogens with one attached hydrogen (secondary N) is 1. The number of methoxy groups -OCH3 is 1. The lowest BCUT2D eigenvalue weighted by atomic mass is 9.94. The Morgan fingerprint density at radius 2 is 2.08 bits per heavy atom. The van der Waals surface area contributed by atoms with Crippen LogP contribution < -0.4 is 0 Å². The molecule has 1 aliphatic heterocycles. The average Bonchev–Trinajstić information content (AvgIpc) is 2.18. The lowest BCUT2D eigenvalue weighted by Gasteiger charge is -2.35. The highest BCUT2D eigenvalue weighted by Crippen LogP contribution is 2.26. The van der Waals surface area contributed by atoms with Gasteiger partial charge in [-0.25, -0.2) is 0 Å². The topological polar surface area (TPSA) is 51.5 Å². The van der Waals surface area contributed by atoms with Gasteiger partial charge in [0.25, 0.3) is 0 Å². The molecule has 0 radical (unpaired) electrons. The molecular weight excluding hydrogens is 170 g/mol. The predicted octanol–water partition coefficient (Wildman–Crippen LogP) is 1.20. The molecule has 4 nitrogen and oxygen atoms in total. The normalized spacial score (nSPS) is 21.1. The minimum Gasteiger partial charge on any atom is -0.482 e. The molecule has 1 rings (SSSR count). The van der Waals surface area contributed by atoms with Crippen molar-refractivity contribution in [3.8, 4) is 0 Å². The van der Waals surface area contributed by atoms with Gasteiger partial charge in [0.15, 0.2) is 0 Å². The summed E-state index contributed by atoms with van der Waals surface area (Å²) < 4.78 is 15.8. The first-order chi connectivity index (χ1) is 6.25. The second kappa shape index (κ2) is 4.58. The van der Waals surface area contributed by atoms with Crippen LogP contribution in [0.15, 0.2) is 0 Å². The third kappa shape index (κ3) is 2.19.